The van der Waals surface area contributed by atoms with E-state index in [1.165, 1.54) is 44.6 Å². The Morgan fingerprint density at radius 2 is 1.55 bits per heavy atom. The molecule has 0 heterocycles. The van der Waals surface area contributed by atoms with Gasteiger partial charge in [0.25, 0.3) is 0 Å². The van der Waals surface area contributed by atoms with Crippen LogP contribution in [0.3, 0.4) is 0 Å². The van der Waals surface area contributed by atoms with E-state index in [1.54, 1.807) is 18.2 Å². The molecule has 2 rings (SSSR count). The number of benzene rings is 2. The summed E-state index contributed by atoms with van der Waals surface area (Å²) in [7, 11) is 2.80. The number of phenols is 2. The lowest BCUT2D eigenvalue weighted by atomic mass is 10.1. The van der Waals surface area contributed by atoms with Gasteiger partial charge < -0.3 is 19.7 Å². The van der Waals surface area contributed by atoms with Crippen LogP contribution >= 0.6 is 0 Å². The highest BCUT2D eigenvalue weighted by molar-refractivity contribution is 6.07. The summed E-state index contributed by atoms with van der Waals surface area (Å²) < 4.78 is 10.0. The smallest absolute Gasteiger partial charge is 0.200 e. The fraction of sp³-hybridized carbons (Fsp3) is 0.118. The van der Waals surface area contributed by atoms with Crippen molar-refractivity contribution in [3.05, 3.63) is 53.6 Å². The standard InChI is InChI=1S/C17H16O5/c1-21-15-9-12(10-16(22-2)17(15)20)14(19)8-5-11-3-6-13(18)7-4-11/h3-10,18,20H,1-2H3/b8-5+. The highest BCUT2D eigenvalue weighted by Crippen LogP contribution is 2.37. The van der Waals surface area contributed by atoms with E-state index < -0.39 is 0 Å². The van der Waals surface area contributed by atoms with Gasteiger partial charge in [0.05, 0.1) is 14.2 Å². The number of aromatic hydroxyl groups is 2. The van der Waals surface area contributed by atoms with E-state index in [0.29, 0.717) is 5.56 Å². The van der Waals surface area contributed by atoms with Crippen LogP contribution in [0, 0.1) is 0 Å². The molecule has 0 aliphatic carbocycles. The Morgan fingerprint density at radius 3 is 2.05 bits per heavy atom. The van der Waals surface area contributed by atoms with Crippen LogP contribution in [0.1, 0.15) is 15.9 Å². The van der Waals surface area contributed by atoms with Gasteiger partial charge in [-0.2, -0.15) is 0 Å². The molecule has 2 aromatic carbocycles. The number of carbonyl (C=O) groups is 1. The number of ketones is 1. The molecule has 5 nitrogen and oxygen atoms in total. The van der Waals surface area contributed by atoms with Crippen molar-refractivity contribution in [1.82, 2.24) is 0 Å². The molecular weight excluding hydrogens is 284 g/mol. The fourth-order valence-corrected chi connectivity index (χ4v) is 1.89. The second-order valence-electron chi connectivity index (χ2n) is 4.52. The van der Waals surface area contributed by atoms with Crippen LogP contribution in [0.4, 0.5) is 0 Å². The average molecular weight is 300 g/mol. The van der Waals surface area contributed by atoms with E-state index in [-0.39, 0.29) is 28.8 Å². The largest absolute Gasteiger partial charge is 0.508 e. The Labute approximate surface area is 128 Å². The number of carbonyl (C=O) groups excluding carboxylic acids is 1. The molecule has 2 N–H and O–H groups in total. The maximum atomic E-state index is 12.2. The van der Waals surface area contributed by atoms with Gasteiger partial charge in [-0.1, -0.05) is 18.2 Å². The zero-order chi connectivity index (χ0) is 16.1. The zero-order valence-corrected chi connectivity index (χ0v) is 12.2. The first-order valence-electron chi connectivity index (χ1n) is 6.51. The molecule has 0 amide bonds. The third-order valence-electron chi connectivity index (χ3n) is 3.08. The number of rotatable bonds is 5. The molecule has 0 aliphatic heterocycles. The maximum absolute atomic E-state index is 12.2. The van der Waals surface area contributed by atoms with Gasteiger partial charge in [0, 0.05) is 5.56 Å². The summed E-state index contributed by atoms with van der Waals surface area (Å²) in [6.45, 7) is 0. The minimum atomic E-state index is -0.260. The molecule has 5 heteroatoms. The van der Waals surface area contributed by atoms with Crippen molar-refractivity contribution in [3.63, 3.8) is 0 Å². The molecule has 0 aliphatic rings. The number of methoxy groups -OCH3 is 2. The third kappa shape index (κ3) is 3.38. The van der Waals surface area contributed by atoms with E-state index in [4.69, 9.17) is 9.47 Å². The minimum absolute atomic E-state index is 0.149. The Bertz CT molecular complexity index is 676. The lowest BCUT2D eigenvalue weighted by Gasteiger charge is -2.09. The number of hydrogen-bond acceptors (Lipinski definition) is 5. The van der Waals surface area contributed by atoms with Crippen LogP contribution in [-0.4, -0.2) is 30.2 Å². The second-order valence-corrected chi connectivity index (χ2v) is 4.52. The van der Waals surface area contributed by atoms with Crippen LogP contribution in [0.2, 0.25) is 0 Å². The average Bonchev–Trinajstić information content (AvgIpc) is 2.54. The summed E-state index contributed by atoms with van der Waals surface area (Å²) in [4.78, 5) is 12.2. The number of ether oxygens (including phenoxy) is 2. The predicted molar refractivity (Wildman–Crippen MR) is 82.7 cm³/mol. The summed E-state index contributed by atoms with van der Waals surface area (Å²) in [6, 6.07) is 9.35. The van der Waals surface area contributed by atoms with Crippen molar-refractivity contribution in [3.8, 4) is 23.0 Å². The molecule has 22 heavy (non-hydrogen) atoms. The molecule has 0 fully saturated rings. The number of allylic oxidation sites excluding steroid dienone is 1. The Hall–Kier alpha value is -2.95. The van der Waals surface area contributed by atoms with E-state index >= 15 is 0 Å². The number of phenolic OH excluding ortho intramolecular Hbond substituents is 2. The molecule has 0 radical (unpaired) electrons. The van der Waals surface area contributed by atoms with E-state index in [2.05, 4.69) is 0 Å². The summed E-state index contributed by atoms with van der Waals surface area (Å²) in [5.74, 6) is 0.0895. The normalized spacial score (nSPS) is 10.6. The summed E-state index contributed by atoms with van der Waals surface area (Å²) in [5, 5.41) is 19.0. The zero-order valence-electron chi connectivity index (χ0n) is 12.2. The van der Waals surface area contributed by atoms with Gasteiger partial charge >= 0.3 is 0 Å². The van der Waals surface area contributed by atoms with E-state index in [0.717, 1.165) is 5.56 Å². The monoisotopic (exact) mass is 300 g/mol. The second kappa shape index (κ2) is 6.67. The SMILES string of the molecule is COc1cc(C(=O)/C=C/c2ccc(O)cc2)cc(OC)c1O. The molecule has 0 saturated carbocycles. The quantitative estimate of drug-likeness (QED) is 0.655. The van der Waals surface area contributed by atoms with E-state index in [9.17, 15) is 15.0 Å². The first kappa shape index (κ1) is 15.4. The van der Waals surface area contributed by atoms with Crippen molar-refractivity contribution in [1.29, 1.82) is 0 Å². The molecule has 0 saturated heterocycles. The van der Waals surface area contributed by atoms with E-state index in [1.807, 2.05) is 0 Å². The highest BCUT2D eigenvalue weighted by atomic mass is 16.5. The molecule has 0 spiro atoms. The highest BCUT2D eigenvalue weighted by Gasteiger charge is 2.14. The minimum Gasteiger partial charge on any atom is -0.508 e. The molecule has 0 atom stereocenters. The summed E-state index contributed by atoms with van der Waals surface area (Å²) >= 11 is 0. The molecule has 0 unspecified atom stereocenters. The fourth-order valence-electron chi connectivity index (χ4n) is 1.89. The summed E-state index contributed by atoms with van der Waals surface area (Å²) in [6.07, 6.45) is 3.03. The van der Waals surface area contributed by atoms with Gasteiger partial charge in [0.2, 0.25) is 5.75 Å². The third-order valence-corrected chi connectivity index (χ3v) is 3.08. The molecule has 2 aromatic rings. The van der Waals surface area contributed by atoms with Crippen molar-refractivity contribution < 1.29 is 24.5 Å². The molecule has 0 aromatic heterocycles. The van der Waals surface area contributed by atoms with Crippen molar-refractivity contribution in [2.24, 2.45) is 0 Å². The lowest BCUT2D eigenvalue weighted by molar-refractivity contribution is 0.104. The Balaban J connectivity index is 2.27. The van der Waals surface area contributed by atoms with Crippen molar-refractivity contribution in [2.75, 3.05) is 14.2 Å². The molecular formula is C17H16O5. The summed E-state index contributed by atoms with van der Waals surface area (Å²) in [5.41, 5.74) is 1.12. The van der Waals surface area contributed by atoms with Gasteiger partial charge in [-0.25, -0.2) is 0 Å². The van der Waals surface area contributed by atoms with Crippen molar-refractivity contribution in [2.45, 2.75) is 0 Å². The van der Waals surface area contributed by atoms with Crippen LogP contribution in [0.5, 0.6) is 23.0 Å². The van der Waals surface area contributed by atoms with Gasteiger partial charge in [-0.15, -0.1) is 0 Å². The van der Waals surface area contributed by atoms with Crippen molar-refractivity contribution >= 4 is 11.9 Å². The Kier molecular flexibility index (Phi) is 4.68. The predicted octanol–water partition coefficient (Wildman–Crippen LogP) is 3.01. The first-order chi connectivity index (χ1) is 10.5. The van der Waals surface area contributed by atoms with Gasteiger partial charge in [-0.3, -0.25) is 4.79 Å². The first-order valence-corrected chi connectivity index (χ1v) is 6.51. The maximum Gasteiger partial charge on any atom is 0.200 e. The van der Waals surface area contributed by atoms with Crippen LogP contribution in [0.15, 0.2) is 42.5 Å². The van der Waals surface area contributed by atoms with Crippen LogP contribution in [0.25, 0.3) is 6.08 Å². The number of hydrogen-bond donors (Lipinski definition) is 2. The van der Waals surface area contributed by atoms with Crippen LogP contribution in [-0.2, 0) is 0 Å². The van der Waals surface area contributed by atoms with Crippen LogP contribution < -0.4 is 9.47 Å². The van der Waals surface area contributed by atoms with Gasteiger partial charge in [0.15, 0.2) is 17.3 Å². The molecule has 0 bridgehead atoms. The molecule has 114 valence electrons. The Morgan fingerprint density at radius 1 is 1.00 bits per heavy atom. The topological polar surface area (TPSA) is 76.0 Å². The van der Waals surface area contributed by atoms with Gasteiger partial charge in [0.1, 0.15) is 5.75 Å². The lowest BCUT2D eigenvalue weighted by Crippen LogP contribution is -1.98. The van der Waals surface area contributed by atoms with Gasteiger partial charge in [-0.05, 0) is 35.9 Å².